The van der Waals surface area contributed by atoms with Crippen LogP contribution in [0.4, 0.5) is 17.5 Å². The molecular weight excluding hydrogens is 292 g/mol. The molecule has 2 aromatic rings. The number of thiophene rings is 1. The topological polar surface area (TPSA) is 110 Å². The molecule has 2 heterocycles. The summed E-state index contributed by atoms with van der Waals surface area (Å²) in [5, 5.41) is 13.2. The van der Waals surface area contributed by atoms with Crippen LogP contribution in [0.1, 0.15) is 17.7 Å². The van der Waals surface area contributed by atoms with E-state index in [1.807, 2.05) is 22.4 Å². The van der Waals surface area contributed by atoms with Crippen LogP contribution in [0, 0.1) is 10.1 Å². The van der Waals surface area contributed by atoms with Crippen molar-refractivity contribution in [3.63, 3.8) is 0 Å². The van der Waals surface area contributed by atoms with E-state index in [1.54, 1.807) is 11.3 Å². The fraction of sp³-hybridized carbons (Fsp3) is 0.333. The lowest BCUT2D eigenvalue weighted by molar-refractivity contribution is -0.384. The molecule has 0 atom stereocenters. The quantitative estimate of drug-likeness (QED) is 0.476. The Hall–Kier alpha value is -2.26. The van der Waals surface area contributed by atoms with Crippen LogP contribution >= 0.6 is 11.3 Å². The number of nitrogens with zero attached hydrogens (tertiary/aromatic N) is 4. The first-order valence-corrected chi connectivity index (χ1v) is 7.34. The van der Waals surface area contributed by atoms with Gasteiger partial charge in [0.15, 0.2) is 0 Å². The number of anilines is 2. The van der Waals surface area contributed by atoms with Crippen molar-refractivity contribution < 1.29 is 4.92 Å². The van der Waals surface area contributed by atoms with E-state index in [-0.39, 0.29) is 17.7 Å². The molecule has 0 aromatic carbocycles. The van der Waals surface area contributed by atoms with Crippen molar-refractivity contribution in [2.45, 2.75) is 25.4 Å². The molecule has 1 aliphatic carbocycles. The second kappa shape index (κ2) is 5.62. The van der Waals surface area contributed by atoms with Crippen LogP contribution in [-0.4, -0.2) is 20.9 Å². The summed E-state index contributed by atoms with van der Waals surface area (Å²) in [6.45, 7) is 0.601. The fourth-order valence-electron chi connectivity index (χ4n) is 2.11. The Kier molecular flexibility index (Phi) is 3.67. The molecule has 0 radical (unpaired) electrons. The van der Waals surface area contributed by atoms with Gasteiger partial charge in [-0.3, -0.25) is 15.5 Å². The van der Waals surface area contributed by atoms with Crippen molar-refractivity contribution >= 4 is 28.8 Å². The van der Waals surface area contributed by atoms with E-state index >= 15 is 0 Å². The van der Waals surface area contributed by atoms with Crippen LogP contribution in [-0.2, 0) is 6.54 Å². The smallest absolute Gasteiger partial charge is 0.329 e. The summed E-state index contributed by atoms with van der Waals surface area (Å²) in [4.78, 5) is 21.9. The molecule has 21 heavy (non-hydrogen) atoms. The number of hydrogen-bond acceptors (Lipinski definition) is 8. The average molecular weight is 306 g/mol. The predicted molar refractivity (Wildman–Crippen MR) is 80.0 cm³/mol. The second-order valence-electron chi connectivity index (χ2n) is 4.74. The molecule has 2 aromatic heterocycles. The average Bonchev–Trinajstić information content (AvgIpc) is 3.20. The molecule has 3 N–H and O–H groups in total. The Bertz CT molecular complexity index is 643. The molecule has 9 heteroatoms. The highest BCUT2D eigenvalue weighted by Crippen LogP contribution is 2.37. The molecule has 0 saturated heterocycles. The number of nitrogens with one attached hydrogen (secondary N) is 1. The Labute approximate surface area is 124 Å². The number of aromatic nitrogens is 2. The number of hydrogen-bond donors (Lipinski definition) is 2. The first kappa shape index (κ1) is 13.7. The largest absolute Gasteiger partial charge is 0.343 e. The number of rotatable bonds is 6. The molecule has 110 valence electrons. The molecule has 0 unspecified atom stereocenters. The molecule has 1 saturated carbocycles. The highest BCUT2D eigenvalue weighted by molar-refractivity contribution is 7.09. The van der Waals surface area contributed by atoms with Crippen LogP contribution in [0.15, 0.2) is 23.7 Å². The minimum absolute atomic E-state index is 0.0996. The van der Waals surface area contributed by atoms with Crippen molar-refractivity contribution in [1.29, 1.82) is 0 Å². The van der Waals surface area contributed by atoms with E-state index < -0.39 is 4.92 Å². The summed E-state index contributed by atoms with van der Waals surface area (Å²) in [5.41, 5.74) is 2.24. The van der Waals surface area contributed by atoms with Crippen molar-refractivity contribution in [3.8, 4) is 0 Å². The van der Waals surface area contributed by atoms with Crippen LogP contribution in [0.25, 0.3) is 0 Å². The van der Waals surface area contributed by atoms with Gasteiger partial charge in [-0.1, -0.05) is 6.07 Å². The highest BCUT2D eigenvalue weighted by Gasteiger charge is 2.34. The second-order valence-corrected chi connectivity index (χ2v) is 5.77. The zero-order valence-electron chi connectivity index (χ0n) is 11.1. The van der Waals surface area contributed by atoms with Crippen molar-refractivity contribution in [1.82, 2.24) is 9.97 Å². The minimum Gasteiger partial charge on any atom is -0.343 e. The van der Waals surface area contributed by atoms with Gasteiger partial charge in [0.05, 0.1) is 11.5 Å². The maximum atomic E-state index is 11.2. The maximum Gasteiger partial charge on any atom is 0.329 e. The Morgan fingerprint density at radius 1 is 1.57 bits per heavy atom. The number of nitrogens with two attached hydrogens (primary N) is 1. The number of nitrogen functional groups attached to an aromatic ring is 1. The van der Waals surface area contributed by atoms with E-state index in [9.17, 15) is 10.1 Å². The van der Waals surface area contributed by atoms with Gasteiger partial charge in [-0.15, -0.1) is 11.3 Å². The molecule has 1 aliphatic rings. The fourth-order valence-corrected chi connectivity index (χ4v) is 2.81. The van der Waals surface area contributed by atoms with Gasteiger partial charge >= 0.3 is 5.69 Å². The molecule has 0 spiro atoms. The van der Waals surface area contributed by atoms with E-state index in [0.29, 0.717) is 12.4 Å². The molecule has 0 amide bonds. The SMILES string of the molecule is NNc1ncc([N+](=O)[O-])c(N(Cc2cccs2)C2CC2)n1. The molecule has 8 nitrogen and oxygen atoms in total. The Balaban J connectivity index is 1.99. The zero-order chi connectivity index (χ0) is 14.8. The van der Waals surface area contributed by atoms with Crippen molar-refractivity contribution in [2.24, 2.45) is 5.84 Å². The highest BCUT2D eigenvalue weighted by atomic mass is 32.1. The lowest BCUT2D eigenvalue weighted by Crippen LogP contribution is -2.27. The van der Waals surface area contributed by atoms with Crippen molar-refractivity contribution in [2.75, 3.05) is 10.3 Å². The van der Waals surface area contributed by atoms with E-state index in [2.05, 4.69) is 15.4 Å². The predicted octanol–water partition coefficient (Wildman–Crippen LogP) is 1.90. The van der Waals surface area contributed by atoms with Gasteiger partial charge < -0.3 is 4.90 Å². The summed E-state index contributed by atoms with van der Waals surface area (Å²) in [6.07, 6.45) is 3.22. The normalized spacial score (nSPS) is 14.0. The van der Waals surface area contributed by atoms with E-state index in [0.717, 1.165) is 17.7 Å². The van der Waals surface area contributed by atoms with Gasteiger partial charge in [0.2, 0.25) is 11.8 Å². The Morgan fingerprint density at radius 2 is 2.38 bits per heavy atom. The monoisotopic (exact) mass is 306 g/mol. The maximum absolute atomic E-state index is 11.2. The zero-order valence-corrected chi connectivity index (χ0v) is 11.9. The van der Waals surface area contributed by atoms with Crippen LogP contribution in [0.5, 0.6) is 0 Å². The standard InChI is InChI=1S/C12H14N6O2S/c13-16-12-14-6-10(18(19)20)11(15-12)17(8-3-4-8)7-9-2-1-5-21-9/h1-2,5-6,8H,3-4,7,13H2,(H,14,15,16). The van der Waals surface area contributed by atoms with Gasteiger partial charge in [-0.05, 0) is 24.3 Å². The summed E-state index contributed by atoms with van der Waals surface area (Å²) in [5.74, 6) is 5.80. The summed E-state index contributed by atoms with van der Waals surface area (Å²) < 4.78 is 0. The third-order valence-corrected chi connectivity index (χ3v) is 4.10. The number of nitro groups is 1. The lowest BCUT2D eigenvalue weighted by atomic mass is 10.3. The summed E-state index contributed by atoms with van der Waals surface area (Å²) >= 11 is 1.62. The van der Waals surface area contributed by atoms with Crippen LogP contribution < -0.4 is 16.2 Å². The lowest BCUT2D eigenvalue weighted by Gasteiger charge is -2.22. The van der Waals surface area contributed by atoms with Gasteiger partial charge in [-0.2, -0.15) is 4.98 Å². The van der Waals surface area contributed by atoms with Gasteiger partial charge in [0, 0.05) is 10.9 Å². The van der Waals surface area contributed by atoms with E-state index in [1.165, 1.54) is 6.20 Å². The minimum atomic E-state index is -0.459. The van der Waals surface area contributed by atoms with Gasteiger partial charge in [0.25, 0.3) is 0 Å². The first-order chi connectivity index (χ1) is 10.2. The van der Waals surface area contributed by atoms with Gasteiger partial charge in [-0.25, -0.2) is 10.8 Å². The van der Waals surface area contributed by atoms with Crippen molar-refractivity contribution in [3.05, 3.63) is 38.7 Å². The third kappa shape index (κ3) is 2.93. The molecule has 3 rings (SSSR count). The molecule has 0 aliphatic heterocycles. The van der Waals surface area contributed by atoms with Gasteiger partial charge in [0.1, 0.15) is 6.20 Å². The van der Waals surface area contributed by atoms with Crippen LogP contribution in [0.3, 0.4) is 0 Å². The molecule has 0 bridgehead atoms. The molecule has 1 fully saturated rings. The number of hydrazine groups is 1. The first-order valence-electron chi connectivity index (χ1n) is 6.46. The third-order valence-electron chi connectivity index (χ3n) is 3.24. The van der Waals surface area contributed by atoms with E-state index in [4.69, 9.17) is 5.84 Å². The summed E-state index contributed by atoms with van der Waals surface area (Å²) in [6, 6.07) is 4.26. The molecular formula is C12H14N6O2S. The van der Waals surface area contributed by atoms with Crippen LogP contribution in [0.2, 0.25) is 0 Å². The Morgan fingerprint density at radius 3 is 2.95 bits per heavy atom. The summed E-state index contributed by atoms with van der Waals surface area (Å²) in [7, 11) is 0.